The number of nitrogens with zero attached hydrogens (tertiary/aromatic N) is 6. The molecule has 10 nitrogen and oxygen atoms in total. The summed E-state index contributed by atoms with van der Waals surface area (Å²) in [7, 11) is -3.73. The van der Waals surface area contributed by atoms with Gasteiger partial charge in [0.05, 0.1) is 36.2 Å². The van der Waals surface area contributed by atoms with Crippen LogP contribution in [-0.4, -0.2) is 83.0 Å². The van der Waals surface area contributed by atoms with Crippen molar-refractivity contribution in [3.05, 3.63) is 18.6 Å². The van der Waals surface area contributed by atoms with Crippen molar-refractivity contribution in [1.82, 2.24) is 23.6 Å². The second-order valence-corrected chi connectivity index (χ2v) is 9.36. The lowest BCUT2D eigenvalue weighted by molar-refractivity contribution is -0.0358. The van der Waals surface area contributed by atoms with Gasteiger partial charge in [-0.3, -0.25) is 0 Å². The predicted molar refractivity (Wildman–Crippen MR) is 101 cm³/mol. The molecule has 0 aromatic carbocycles. The summed E-state index contributed by atoms with van der Waals surface area (Å²) >= 11 is 0. The van der Waals surface area contributed by atoms with Gasteiger partial charge in [-0.1, -0.05) is 0 Å². The summed E-state index contributed by atoms with van der Waals surface area (Å²) in [6.45, 7) is 2.04. The molecule has 1 saturated carbocycles. The van der Waals surface area contributed by atoms with Crippen LogP contribution in [0.25, 0.3) is 11.0 Å². The number of H-pyrrole nitrogens is 1. The van der Waals surface area contributed by atoms with Gasteiger partial charge in [0.2, 0.25) is 0 Å². The highest BCUT2D eigenvalue weighted by Gasteiger charge is 2.58. The summed E-state index contributed by atoms with van der Waals surface area (Å²) in [6.07, 6.45) is 4.98. The highest BCUT2D eigenvalue weighted by molar-refractivity contribution is 7.86. The second-order valence-electron chi connectivity index (χ2n) is 7.56. The van der Waals surface area contributed by atoms with Gasteiger partial charge in [-0.25, -0.2) is 9.97 Å². The lowest BCUT2D eigenvalue weighted by Gasteiger charge is -2.45. The third kappa shape index (κ3) is 2.68. The van der Waals surface area contributed by atoms with Crippen molar-refractivity contribution in [2.24, 2.45) is 0 Å². The molecule has 0 bridgehead atoms. The molecule has 148 valence electrons. The van der Waals surface area contributed by atoms with Gasteiger partial charge in [-0.15, -0.1) is 0 Å². The Balaban J connectivity index is 1.42. The van der Waals surface area contributed by atoms with Crippen LogP contribution in [0.4, 0.5) is 5.82 Å². The summed E-state index contributed by atoms with van der Waals surface area (Å²) in [5.74, 6) is 0.829. The molecule has 3 aliphatic rings. The maximum atomic E-state index is 13.4. The molecule has 1 N–H and O–H groups in total. The number of hydrogen-bond donors (Lipinski definition) is 1. The first-order valence-electron chi connectivity index (χ1n) is 9.32. The molecule has 1 aliphatic carbocycles. The van der Waals surface area contributed by atoms with Crippen LogP contribution in [0.1, 0.15) is 12.8 Å². The molecule has 2 aliphatic heterocycles. The third-order valence-corrected chi connectivity index (χ3v) is 8.02. The van der Waals surface area contributed by atoms with Crippen molar-refractivity contribution in [2.45, 2.75) is 24.4 Å². The first-order valence-corrected chi connectivity index (χ1v) is 10.7. The van der Waals surface area contributed by atoms with E-state index in [1.807, 2.05) is 18.3 Å². The lowest BCUT2D eigenvalue weighted by Crippen LogP contribution is -2.63. The van der Waals surface area contributed by atoms with Gasteiger partial charge in [0.25, 0.3) is 10.2 Å². The van der Waals surface area contributed by atoms with E-state index in [4.69, 9.17) is 10.00 Å². The minimum atomic E-state index is -3.73. The fraction of sp³-hybridized carbons (Fsp3) is 0.588. The van der Waals surface area contributed by atoms with Crippen LogP contribution in [0.15, 0.2) is 18.6 Å². The monoisotopic (exact) mass is 403 g/mol. The molecule has 2 aromatic heterocycles. The quantitative estimate of drug-likeness (QED) is 0.703. The van der Waals surface area contributed by atoms with E-state index in [-0.39, 0.29) is 12.6 Å². The van der Waals surface area contributed by atoms with Gasteiger partial charge < -0.3 is 14.6 Å². The first kappa shape index (κ1) is 17.8. The first-order chi connectivity index (χ1) is 13.5. The fourth-order valence-corrected chi connectivity index (χ4v) is 6.16. The number of fused-ring (bicyclic) bond motifs is 1. The molecule has 28 heavy (non-hydrogen) atoms. The number of aromatic nitrogens is 3. The van der Waals surface area contributed by atoms with E-state index in [1.165, 1.54) is 10.6 Å². The zero-order valence-corrected chi connectivity index (χ0v) is 16.1. The van der Waals surface area contributed by atoms with Crippen molar-refractivity contribution < 1.29 is 13.2 Å². The molecule has 4 heterocycles. The van der Waals surface area contributed by atoms with Crippen LogP contribution in [-0.2, 0) is 14.9 Å². The Morgan fingerprint density at radius 1 is 1.36 bits per heavy atom. The lowest BCUT2D eigenvalue weighted by atomic mass is 10.2. The van der Waals surface area contributed by atoms with Crippen LogP contribution in [0.5, 0.6) is 0 Å². The molecule has 0 amide bonds. The van der Waals surface area contributed by atoms with Crippen LogP contribution < -0.4 is 4.90 Å². The maximum absolute atomic E-state index is 13.4. The average molecular weight is 403 g/mol. The zero-order valence-electron chi connectivity index (χ0n) is 15.3. The largest absolute Gasteiger partial charge is 0.378 e. The van der Waals surface area contributed by atoms with Gasteiger partial charge in [-0.05, 0) is 18.9 Å². The zero-order chi connectivity index (χ0) is 19.4. The Morgan fingerprint density at radius 3 is 2.86 bits per heavy atom. The Hall–Kier alpha value is -2.26. The van der Waals surface area contributed by atoms with Gasteiger partial charge in [0.15, 0.2) is 0 Å². The normalized spacial score (nSPS) is 22.5. The molecule has 0 unspecified atom stereocenters. The number of rotatable bonds is 5. The van der Waals surface area contributed by atoms with Crippen LogP contribution in [0.3, 0.4) is 0 Å². The number of piperazine rings is 1. The molecule has 3 fully saturated rings. The van der Waals surface area contributed by atoms with Crippen LogP contribution >= 0.6 is 0 Å². The van der Waals surface area contributed by atoms with Crippen molar-refractivity contribution >= 4 is 27.1 Å². The fourth-order valence-electron chi connectivity index (χ4n) is 4.15. The topological polar surface area (TPSA) is 118 Å². The minimum Gasteiger partial charge on any atom is -0.378 e. The SMILES string of the molecule is N#CCN(C1COC1)S(=O)(=O)N1CCN(c2ncnc3[nH]ccc23)CC12CC2. The Labute approximate surface area is 162 Å². The minimum absolute atomic E-state index is 0.150. The maximum Gasteiger partial charge on any atom is 0.283 e. The molecular formula is C17H21N7O3S. The number of aromatic amines is 1. The highest BCUT2D eigenvalue weighted by Crippen LogP contribution is 2.47. The van der Waals surface area contributed by atoms with Crippen LogP contribution in [0.2, 0.25) is 0 Å². The Morgan fingerprint density at radius 2 is 2.18 bits per heavy atom. The summed E-state index contributed by atoms with van der Waals surface area (Å²) < 4.78 is 34.8. The van der Waals surface area contributed by atoms with E-state index in [0.29, 0.717) is 32.8 Å². The number of anilines is 1. The summed E-state index contributed by atoms with van der Waals surface area (Å²) in [5, 5.41) is 10.1. The standard InChI is InChI=1S/C17H21N7O3S/c18-4-6-23(13-9-27-10-13)28(25,26)24-8-7-22(11-17(24)2-3-17)16-14-1-5-19-15(14)20-12-21-16/h1,5,12-13H,2-3,6-11H2,(H,19,20,21). The predicted octanol–water partition coefficient (Wildman–Crippen LogP) is 0.0817. The molecule has 0 atom stereocenters. The van der Waals surface area contributed by atoms with Gasteiger partial charge in [-0.2, -0.15) is 22.3 Å². The number of ether oxygens (including phenoxy) is 1. The molecule has 1 spiro atoms. The van der Waals surface area contributed by atoms with E-state index >= 15 is 0 Å². The summed E-state index contributed by atoms with van der Waals surface area (Å²) in [6, 6.07) is 3.69. The van der Waals surface area contributed by atoms with Crippen molar-refractivity contribution in [3.8, 4) is 6.07 Å². The molecule has 0 radical (unpaired) electrons. The van der Waals surface area contributed by atoms with E-state index < -0.39 is 15.7 Å². The molecule has 2 aromatic rings. The van der Waals surface area contributed by atoms with Crippen molar-refractivity contribution in [1.29, 1.82) is 5.26 Å². The summed E-state index contributed by atoms with van der Waals surface area (Å²) in [5.41, 5.74) is 0.346. The van der Waals surface area contributed by atoms with Crippen molar-refractivity contribution in [2.75, 3.05) is 44.3 Å². The molecule has 2 saturated heterocycles. The van der Waals surface area contributed by atoms with E-state index in [0.717, 1.165) is 29.7 Å². The van der Waals surface area contributed by atoms with E-state index in [1.54, 1.807) is 4.31 Å². The van der Waals surface area contributed by atoms with Crippen LogP contribution in [0, 0.1) is 11.3 Å². The van der Waals surface area contributed by atoms with Gasteiger partial charge in [0, 0.05) is 25.8 Å². The van der Waals surface area contributed by atoms with Gasteiger partial charge >= 0.3 is 0 Å². The molecular weight excluding hydrogens is 382 g/mol. The number of nitriles is 1. The third-order valence-electron chi connectivity index (χ3n) is 5.88. The van der Waals surface area contributed by atoms with E-state index in [9.17, 15) is 8.42 Å². The smallest absolute Gasteiger partial charge is 0.283 e. The molecule has 11 heteroatoms. The highest BCUT2D eigenvalue weighted by atomic mass is 32.2. The average Bonchev–Trinajstić information content (AvgIpc) is 3.21. The summed E-state index contributed by atoms with van der Waals surface area (Å²) in [4.78, 5) is 13.9. The second kappa shape index (κ2) is 6.38. The number of nitrogens with one attached hydrogen (secondary N) is 1. The number of hydrogen-bond acceptors (Lipinski definition) is 7. The Bertz CT molecular complexity index is 1040. The van der Waals surface area contributed by atoms with Gasteiger partial charge in [0.1, 0.15) is 24.3 Å². The Kier molecular flexibility index (Phi) is 4.06. The van der Waals surface area contributed by atoms with E-state index in [2.05, 4.69) is 19.9 Å². The molecule has 5 rings (SSSR count). The van der Waals surface area contributed by atoms with Crippen molar-refractivity contribution in [3.63, 3.8) is 0 Å².